The smallest absolute Gasteiger partial charge is 0.220 e. The van der Waals surface area contributed by atoms with E-state index in [0.29, 0.717) is 17.9 Å². The van der Waals surface area contributed by atoms with Crippen LogP contribution in [-0.4, -0.2) is 21.6 Å². The van der Waals surface area contributed by atoms with E-state index in [0.717, 1.165) is 6.20 Å². The van der Waals surface area contributed by atoms with Crippen LogP contribution in [0.5, 0.6) is 5.75 Å². The predicted molar refractivity (Wildman–Crippen MR) is 60.8 cm³/mol. The molecule has 5 nitrogen and oxygen atoms in total. The van der Waals surface area contributed by atoms with Crippen molar-refractivity contribution in [1.82, 2.24) is 15.0 Å². The largest absolute Gasteiger partial charge is 0.492 e. The molecule has 0 aliphatic rings. The molecule has 0 aromatic carbocycles. The summed E-state index contributed by atoms with van der Waals surface area (Å²) in [5, 5.41) is 0. The lowest BCUT2D eigenvalue weighted by Crippen LogP contribution is -1.99. The molecule has 2 N–H and O–H groups in total. The van der Waals surface area contributed by atoms with Gasteiger partial charge in [-0.25, -0.2) is 14.4 Å². The molecule has 0 amide bonds. The van der Waals surface area contributed by atoms with Crippen molar-refractivity contribution in [1.29, 1.82) is 0 Å². The van der Waals surface area contributed by atoms with Crippen LogP contribution in [0.3, 0.4) is 0 Å². The quantitative estimate of drug-likeness (QED) is 0.874. The molecule has 0 aliphatic heterocycles. The van der Waals surface area contributed by atoms with Crippen molar-refractivity contribution < 1.29 is 9.13 Å². The average Bonchev–Trinajstić information content (AvgIpc) is 2.33. The number of ether oxygens (including phenoxy) is 1. The molecule has 6 heteroatoms. The molecule has 17 heavy (non-hydrogen) atoms. The van der Waals surface area contributed by atoms with Gasteiger partial charge in [0.05, 0.1) is 19.0 Å². The number of nitrogen functional groups attached to an aromatic ring is 1. The van der Waals surface area contributed by atoms with Gasteiger partial charge in [-0.2, -0.15) is 0 Å². The van der Waals surface area contributed by atoms with Gasteiger partial charge in [-0.15, -0.1) is 0 Å². The van der Waals surface area contributed by atoms with Gasteiger partial charge in [0.2, 0.25) is 5.95 Å². The molecule has 0 saturated heterocycles. The van der Waals surface area contributed by atoms with Gasteiger partial charge >= 0.3 is 0 Å². The Morgan fingerprint density at radius 3 is 2.94 bits per heavy atom. The summed E-state index contributed by atoms with van der Waals surface area (Å²) in [5.41, 5.74) is 6.04. The van der Waals surface area contributed by atoms with Crippen molar-refractivity contribution in [2.45, 2.75) is 6.92 Å². The summed E-state index contributed by atoms with van der Waals surface area (Å²) in [4.78, 5) is 11.4. The van der Waals surface area contributed by atoms with Crippen molar-refractivity contribution in [3.63, 3.8) is 0 Å². The van der Waals surface area contributed by atoms with E-state index in [1.54, 1.807) is 12.3 Å². The summed E-state index contributed by atoms with van der Waals surface area (Å²) in [6.45, 7) is 2.37. The van der Waals surface area contributed by atoms with Gasteiger partial charge in [-0.1, -0.05) is 0 Å². The van der Waals surface area contributed by atoms with Gasteiger partial charge < -0.3 is 10.5 Å². The molecule has 2 aromatic heterocycles. The average molecular weight is 234 g/mol. The van der Waals surface area contributed by atoms with E-state index in [4.69, 9.17) is 10.5 Å². The maximum Gasteiger partial charge on any atom is 0.220 e. The van der Waals surface area contributed by atoms with E-state index in [1.165, 1.54) is 6.20 Å². The van der Waals surface area contributed by atoms with Crippen molar-refractivity contribution in [3.05, 3.63) is 30.5 Å². The highest BCUT2D eigenvalue weighted by Crippen LogP contribution is 2.23. The fourth-order valence-corrected chi connectivity index (χ4v) is 1.38. The molecule has 0 fully saturated rings. The molecule has 0 saturated carbocycles. The number of halogens is 1. The maximum absolute atomic E-state index is 13.5. The van der Waals surface area contributed by atoms with Crippen molar-refractivity contribution in [2.75, 3.05) is 12.3 Å². The number of pyridine rings is 1. The Labute approximate surface area is 97.5 Å². The second-order valence-corrected chi connectivity index (χ2v) is 3.27. The molecule has 0 unspecified atom stereocenters. The van der Waals surface area contributed by atoms with Gasteiger partial charge in [0.25, 0.3) is 0 Å². The van der Waals surface area contributed by atoms with Crippen LogP contribution in [0, 0.1) is 5.82 Å². The molecule has 0 spiro atoms. The van der Waals surface area contributed by atoms with E-state index in [-0.39, 0.29) is 11.6 Å². The van der Waals surface area contributed by atoms with Crippen LogP contribution in [0.2, 0.25) is 0 Å². The Morgan fingerprint density at radius 1 is 1.35 bits per heavy atom. The van der Waals surface area contributed by atoms with E-state index in [9.17, 15) is 4.39 Å². The molecule has 2 heterocycles. The van der Waals surface area contributed by atoms with Crippen LogP contribution in [0.25, 0.3) is 11.3 Å². The Bertz CT molecular complexity index is 533. The van der Waals surface area contributed by atoms with Crippen LogP contribution in [0.15, 0.2) is 24.7 Å². The fraction of sp³-hybridized carbons (Fsp3) is 0.182. The lowest BCUT2D eigenvalue weighted by Gasteiger charge is -2.06. The molecule has 88 valence electrons. The number of hydrogen-bond donors (Lipinski definition) is 1. The molecule has 0 radical (unpaired) electrons. The van der Waals surface area contributed by atoms with Crippen LogP contribution in [-0.2, 0) is 0 Å². The summed E-state index contributed by atoms with van der Waals surface area (Å²) in [6, 6.07) is 1.65. The van der Waals surface area contributed by atoms with Gasteiger partial charge in [-0.05, 0) is 13.0 Å². The van der Waals surface area contributed by atoms with Crippen LogP contribution in [0.1, 0.15) is 6.92 Å². The Balaban J connectivity index is 2.45. The van der Waals surface area contributed by atoms with E-state index >= 15 is 0 Å². The Hall–Kier alpha value is -2.24. The minimum absolute atomic E-state index is 0.0169. The highest BCUT2D eigenvalue weighted by atomic mass is 19.1. The minimum atomic E-state index is -0.547. The zero-order chi connectivity index (χ0) is 12.3. The number of rotatable bonds is 3. The SMILES string of the molecule is CCOc1cncc(-c2nc(N)ncc2F)c1. The van der Waals surface area contributed by atoms with Gasteiger partial charge in [0, 0.05) is 11.8 Å². The topological polar surface area (TPSA) is 73.9 Å². The standard InChI is InChI=1S/C11H11FN4O/c1-2-17-8-3-7(4-14-5-8)10-9(12)6-15-11(13)16-10/h3-6H,2H2,1H3,(H2,13,15,16). The third-order valence-corrected chi connectivity index (χ3v) is 2.06. The highest BCUT2D eigenvalue weighted by molar-refractivity contribution is 5.60. The van der Waals surface area contributed by atoms with Crippen molar-refractivity contribution in [2.24, 2.45) is 0 Å². The molecule has 2 rings (SSSR count). The first-order valence-corrected chi connectivity index (χ1v) is 5.07. The highest BCUT2D eigenvalue weighted by Gasteiger charge is 2.09. The van der Waals surface area contributed by atoms with Crippen molar-refractivity contribution >= 4 is 5.95 Å². The first-order chi connectivity index (χ1) is 8.20. The van der Waals surface area contributed by atoms with E-state index in [1.807, 2.05) is 6.92 Å². The van der Waals surface area contributed by atoms with E-state index in [2.05, 4.69) is 15.0 Å². The van der Waals surface area contributed by atoms with Crippen LogP contribution < -0.4 is 10.5 Å². The van der Waals surface area contributed by atoms with E-state index < -0.39 is 5.82 Å². The molecule has 2 aromatic rings. The predicted octanol–water partition coefficient (Wildman–Crippen LogP) is 1.66. The summed E-state index contributed by atoms with van der Waals surface area (Å²) in [6.07, 6.45) is 4.08. The monoisotopic (exact) mass is 234 g/mol. The van der Waals surface area contributed by atoms with Gasteiger partial charge in [0.1, 0.15) is 11.4 Å². The lowest BCUT2D eigenvalue weighted by atomic mass is 10.2. The summed E-state index contributed by atoms with van der Waals surface area (Å²) in [5.74, 6) is 0.0273. The third kappa shape index (κ3) is 2.47. The molecular formula is C11H11FN4O. The zero-order valence-electron chi connectivity index (χ0n) is 9.22. The third-order valence-electron chi connectivity index (χ3n) is 2.06. The summed E-state index contributed by atoms with van der Waals surface area (Å²) < 4.78 is 18.8. The zero-order valence-corrected chi connectivity index (χ0v) is 9.22. The molecule has 0 aliphatic carbocycles. The van der Waals surface area contributed by atoms with Crippen molar-refractivity contribution in [3.8, 4) is 17.0 Å². The summed E-state index contributed by atoms with van der Waals surface area (Å²) in [7, 11) is 0. The van der Waals surface area contributed by atoms with Gasteiger partial charge in [0.15, 0.2) is 5.82 Å². The second-order valence-electron chi connectivity index (χ2n) is 3.27. The lowest BCUT2D eigenvalue weighted by molar-refractivity contribution is 0.339. The number of nitrogens with two attached hydrogens (primary N) is 1. The second kappa shape index (κ2) is 4.73. The minimum Gasteiger partial charge on any atom is -0.492 e. The maximum atomic E-state index is 13.5. The first kappa shape index (κ1) is 11.3. The Morgan fingerprint density at radius 2 is 2.18 bits per heavy atom. The van der Waals surface area contributed by atoms with Crippen LogP contribution in [0.4, 0.5) is 10.3 Å². The molecule has 0 bridgehead atoms. The molecule has 0 atom stereocenters. The summed E-state index contributed by atoms with van der Waals surface area (Å²) >= 11 is 0. The van der Waals surface area contributed by atoms with Crippen LogP contribution >= 0.6 is 0 Å². The molecular weight excluding hydrogens is 223 g/mol. The fourth-order valence-electron chi connectivity index (χ4n) is 1.38. The number of nitrogens with zero attached hydrogens (tertiary/aromatic N) is 3. The Kier molecular flexibility index (Phi) is 3.13. The number of hydrogen-bond acceptors (Lipinski definition) is 5. The normalized spacial score (nSPS) is 10.2. The first-order valence-electron chi connectivity index (χ1n) is 5.07. The number of aromatic nitrogens is 3. The van der Waals surface area contributed by atoms with Gasteiger partial charge in [-0.3, -0.25) is 4.98 Å². The number of anilines is 1.